The molecular formula is C11H10BrN2+. The van der Waals surface area contributed by atoms with Gasteiger partial charge in [-0.3, -0.25) is 0 Å². The van der Waals surface area contributed by atoms with Crippen LogP contribution in [0, 0.1) is 0 Å². The van der Waals surface area contributed by atoms with Crippen molar-refractivity contribution in [3.05, 3.63) is 47.3 Å². The van der Waals surface area contributed by atoms with Gasteiger partial charge in [-0.1, -0.05) is 6.07 Å². The SMILES string of the molecule is C[n+]1cccc(-c2cccc(Br)n2)c1. The molecule has 0 aliphatic rings. The summed E-state index contributed by atoms with van der Waals surface area (Å²) in [5, 5.41) is 0. The summed E-state index contributed by atoms with van der Waals surface area (Å²) in [5.74, 6) is 0. The molecule has 2 aromatic heterocycles. The van der Waals surface area contributed by atoms with Crippen molar-refractivity contribution in [1.82, 2.24) is 4.98 Å². The Balaban J connectivity index is 2.49. The minimum absolute atomic E-state index is 0.863. The van der Waals surface area contributed by atoms with Gasteiger partial charge in [0.15, 0.2) is 12.4 Å². The van der Waals surface area contributed by atoms with Gasteiger partial charge in [0, 0.05) is 6.07 Å². The summed E-state index contributed by atoms with van der Waals surface area (Å²) in [4.78, 5) is 4.39. The number of aryl methyl sites for hydroxylation is 1. The Kier molecular flexibility index (Phi) is 2.59. The Morgan fingerprint density at radius 2 is 2.07 bits per heavy atom. The van der Waals surface area contributed by atoms with Crippen LogP contribution in [0.15, 0.2) is 47.3 Å². The maximum Gasteiger partial charge on any atom is 0.177 e. The maximum atomic E-state index is 4.39. The molecular weight excluding hydrogens is 240 g/mol. The monoisotopic (exact) mass is 249 g/mol. The van der Waals surface area contributed by atoms with Crippen molar-refractivity contribution in [2.75, 3.05) is 0 Å². The second kappa shape index (κ2) is 3.88. The third-order valence-corrected chi connectivity index (χ3v) is 2.39. The van der Waals surface area contributed by atoms with E-state index in [0.717, 1.165) is 15.9 Å². The molecule has 0 aliphatic heterocycles. The standard InChI is InChI=1S/C11H10BrN2/c1-14-7-3-4-9(8-14)10-5-2-6-11(12)13-10/h2-8H,1H3/q+1. The quantitative estimate of drug-likeness (QED) is 0.560. The Morgan fingerprint density at radius 1 is 1.21 bits per heavy atom. The highest BCUT2D eigenvalue weighted by Crippen LogP contribution is 2.16. The van der Waals surface area contributed by atoms with E-state index >= 15 is 0 Å². The third kappa shape index (κ3) is 1.99. The lowest BCUT2D eigenvalue weighted by Crippen LogP contribution is -2.26. The molecule has 0 aromatic carbocycles. The van der Waals surface area contributed by atoms with Crippen LogP contribution in [0.1, 0.15) is 0 Å². The maximum absolute atomic E-state index is 4.39. The molecule has 0 saturated heterocycles. The molecule has 0 aliphatic carbocycles. The van der Waals surface area contributed by atoms with Crippen LogP contribution in [0.3, 0.4) is 0 Å². The minimum Gasteiger partial charge on any atom is -0.241 e. The highest BCUT2D eigenvalue weighted by atomic mass is 79.9. The van der Waals surface area contributed by atoms with Crippen LogP contribution >= 0.6 is 15.9 Å². The van der Waals surface area contributed by atoms with Crippen molar-refractivity contribution < 1.29 is 4.57 Å². The summed E-state index contributed by atoms with van der Waals surface area (Å²) < 4.78 is 2.87. The van der Waals surface area contributed by atoms with E-state index in [-0.39, 0.29) is 0 Å². The predicted octanol–water partition coefficient (Wildman–Crippen LogP) is 2.34. The molecule has 0 unspecified atom stereocenters. The molecule has 0 bridgehead atoms. The summed E-state index contributed by atoms with van der Waals surface area (Å²) in [6, 6.07) is 9.97. The van der Waals surface area contributed by atoms with Gasteiger partial charge in [0.05, 0.1) is 11.3 Å². The van der Waals surface area contributed by atoms with Crippen LogP contribution in [-0.4, -0.2) is 4.98 Å². The number of hydrogen-bond donors (Lipinski definition) is 0. The Bertz CT molecular complexity index is 411. The molecule has 14 heavy (non-hydrogen) atoms. The average Bonchev–Trinajstić information content (AvgIpc) is 2.18. The summed E-state index contributed by atoms with van der Waals surface area (Å²) in [6.45, 7) is 0. The topological polar surface area (TPSA) is 16.8 Å². The normalized spacial score (nSPS) is 10.1. The average molecular weight is 250 g/mol. The number of rotatable bonds is 1. The third-order valence-electron chi connectivity index (χ3n) is 1.95. The lowest BCUT2D eigenvalue weighted by molar-refractivity contribution is -0.671. The molecule has 0 spiro atoms. The fraction of sp³-hybridized carbons (Fsp3) is 0.0909. The highest BCUT2D eigenvalue weighted by Gasteiger charge is 2.02. The smallest absolute Gasteiger partial charge is 0.177 e. The van der Waals surface area contributed by atoms with E-state index in [4.69, 9.17) is 0 Å². The van der Waals surface area contributed by atoms with E-state index in [1.165, 1.54) is 0 Å². The number of pyridine rings is 2. The predicted molar refractivity (Wildman–Crippen MR) is 58.5 cm³/mol. The van der Waals surface area contributed by atoms with Crippen LogP contribution in [0.2, 0.25) is 0 Å². The Hall–Kier alpha value is -1.22. The fourth-order valence-corrected chi connectivity index (χ4v) is 1.65. The summed E-state index contributed by atoms with van der Waals surface area (Å²) >= 11 is 3.36. The van der Waals surface area contributed by atoms with Gasteiger partial charge in [-0.25, -0.2) is 9.55 Å². The molecule has 2 rings (SSSR count). The van der Waals surface area contributed by atoms with Gasteiger partial charge in [-0.15, -0.1) is 0 Å². The largest absolute Gasteiger partial charge is 0.241 e. The second-order valence-electron chi connectivity index (χ2n) is 3.10. The van der Waals surface area contributed by atoms with E-state index in [2.05, 4.69) is 33.2 Å². The fourth-order valence-electron chi connectivity index (χ4n) is 1.31. The summed E-state index contributed by atoms with van der Waals surface area (Å²) in [7, 11) is 2.00. The van der Waals surface area contributed by atoms with E-state index in [0.29, 0.717) is 0 Å². The van der Waals surface area contributed by atoms with Crippen LogP contribution in [-0.2, 0) is 7.05 Å². The van der Waals surface area contributed by atoms with Crippen molar-refractivity contribution in [3.63, 3.8) is 0 Å². The molecule has 2 aromatic rings. The lowest BCUT2D eigenvalue weighted by atomic mass is 10.2. The lowest BCUT2D eigenvalue weighted by Gasteiger charge is -1.98. The first-order valence-electron chi connectivity index (χ1n) is 4.34. The minimum atomic E-state index is 0.863. The van der Waals surface area contributed by atoms with Gasteiger partial charge in [-0.2, -0.15) is 0 Å². The van der Waals surface area contributed by atoms with E-state index in [1.807, 2.05) is 42.1 Å². The molecule has 70 valence electrons. The molecule has 0 amide bonds. The van der Waals surface area contributed by atoms with Gasteiger partial charge in [0.2, 0.25) is 0 Å². The van der Waals surface area contributed by atoms with Crippen LogP contribution in [0.4, 0.5) is 0 Å². The molecule has 0 N–H and O–H groups in total. The number of hydrogen-bond acceptors (Lipinski definition) is 1. The van der Waals surface area contributed by atoms with Crippen LogP contribution in [0.5, 0.6) is 0 Å². The van der Waals surface area contributed by atoms with E-state index in [9.17, 15) is 0 Å². The molecule has 0 atom stereocenters. The molecule has 0 fully saturated rings. The summed E-state index contributed by atoms with van der Waals surface area (Å²) in [6.07, 6.45) is 4.05. The van der Waals surface area contributed by atoms with Gasteiger partial charge in [-0.05, 0) is 34.1 Å². The number of halogens is 1. The molecule has 3 heteroatoms. The highest BCUT2D eigenvalue weighted by molar-refractivity contribution is 9.10. The Morgan fingerprint density at radius 3 is 2.79 bits per heavy atom. The van der Waals surface area contributed by atoms with E-state index < -0.39 is 0 Å². The van der Waals surface area contributed by atoms with Crippen molar-refractivity contribution in [2.24, 2.45) is 7.05 Å². The first-order valence-corrected chi connectivity index (χ1v) is 5.13. The van der Waals surface area contributed by atoms with Gasteiger partial charge in [0.25, 0.3) is 0 Å². The van der Waals surface area contributed by atoms with Crippen LogP contribution < -0.4 is 4.57 Å². The zero-order valence-corrected chi connectivity index (χ0v) is 9.40. The molecule has 2 nitrogen and oxygen atoms in total. The zero-order chi connectivity index (χ0) is 9.97. The van der Waals surface area contributed by atoms with Gasteiger partial charge in [0.1, 0.15) is 11.7 Å². The summed E-state index contributed by atoms with van der Waals surface area (Å²) in [5.41, 5.74) is 2.10. The molecule has 0 radical (unpaired) electrons. The van der Waals surface area contributed by atoms with Gasteiger partial charge < -0.3 is 0 Å². The van der Waals surface area contributed by atoms with Crippen molar-refractivity contribution in [1.29, 1.82) is 0 Å². The zero-order valence-electron chi connectivity index (χ0n) is 7.81. The van der Waals surface area contributed by atoms with Gasteiger partial charge >= 0.3 is 0 Å². The van der Waals surface area contributed by atoms with Crippen molar-refractivity contribution in [3.8, 4) is 11.3 Å². The number of aromatic nitrogens is 2. The molecule has 2 heterocycles. The Labute approximate surface area is 91.4 Å². The van der Waals surface area contributed by atoms with Crippen LogP contribution in [0.25, 0.3) is 11.3 Å². The van der Waals surface area contributed by atoms with Crippen molar-refractivity contribution in [2.45, 2.75) is 0 Å². The van der Waals surface area contributed by atoms with E-state index in [1.54, 1.807) is 0 Å². The second-order valence-corrected chi connectivity index (χ2v) is 3.92. The first-order chi connectivity index (χ1) is 6.75. The van der Waals surface area contributed by atoms with Crippen molar-refractivity contribution >= 4 is 15.9 Å². The molecule has 0 saturated carbocycles. The first kappa shape index (κ1) is 9.34. The number of nitrogens with zero attached hydrogens (tertiary/aromatic N) is 2.